The van der Waals surface area contributed by atoms with E-state index in [0.29, 0.717) is 18.0 Å². The third-order valence-electron chi connectivity index (χ3n) is 3.11. The average Bonchev–Trinajstić information content (AvgIpc) is 2.60. The third kappa shape index (κ3) is 1.79. The van der Waals surface area contributed by atoms with E-state index in [9.17, 15) is 0 Å². The second-order valence-corrected chi connectivity index (χ2v) is 4.22. The van der Waals surface area contributed by atoms with Gasteiger partial charge in [-0.2, -0.15) is 0 Å². The van der Waals surface area contributed by atoms with Crippen LogP contribution in [-0.4, -0.2) is 28.1 Å². The minimum Gasteiger partial charge on any atom is -0.368 e. The first-order chi connectivity index (χ1) is 5.70. The van der Waals surface area contributed by atoms with E-state index in [-0.39, 0.29) is 0 Å². The summed E-state index contributed by atoms with van der Waals surface area (Å²) in [6, 6.07) is 0.536. The third-order valence-corrected chi connectivity index (χ3v) is 3.11. The number of aliphatic hydroxyl groups excluding tert-OH is 1. The van der Waals surface area contributed by atoms with Crippen molar-refractivity contribution < 1.29 is 10.2 Å². The Morgan fingerprint density at radius 2 is 2.08 bits per heavy atom. The fraction of sp³-hybridized carbons (Fsp3) is 1.00. The second-order valence-electron chi connectivity index (χ2n) is 4.22. The van der Waals surface area contributed by atoms with E-state index in [1.807, 2.05) is 0 Å². The van der Waals surface area contributed by atoms with E-state index in [1.54, 1.807) is 0 Å². The molecule has 1 heterocycles. The Morgan fingerprint density at radius 1 is 1.33 bits per heavy atom. The molecule has 0 bridgehead atoms. The highest BCUT2D eigenvalue weighted by Gasteiger charge is 2.47. The zero-order chi connectivity index (χ0) is 8.60. The maximum Gasteiger partial charge on any atom is 0.151 e. The molecule has 1 aliphatic heterocycles. The van der Waals surface area contributed by atoms with Gasteiger partial charge < -0.3 is 15.5 Å². The molecule has 2 rings (SSSR count). The van der Waals surface area contributed by atoms with Gasteiger partial charge >= 0.3 is 0 Å². The van der Waals surface area contributed by atoms with Crippen molar-refractivity contribution in [3.8, 4) is 0 Å². The summed E-state index contributed by atoms with van der Waals surface area (Å²) in [4.78, 5) is 0. The minimum absolute atomic E-state index is 0.491. The smallest absolute Gasteiger partial charge is 0.151 e. The van der Waals surface area contributed by atoms with Gasteiger partial charge in [0.05, 0.1) is 0 Å². The number of rotatable bonds is 3. The van der Waals surface area contributed by atoms with Crippen LogP contribution in [0, 0.1) is 0 Å². The molecule has 0 aromatic heterocycles. The summed E-state index contributed by atoms with van der Waals surface area (Å²) >= 11 is 0. The van der Waals surface area contributed by atoms with Crippen LogP contribution in [0.2, 0.25) is 0 Å². The van der Waals surface area contributed by atoms with Gasteiger partial charge in [-0.05, 0) is 38.5 Å². The molecule has 0 aromatic carbocycles. The molecule has 1 saturated carbocycles. The van der Waals surface area contributed by atoms with E-state index >= 15 is 0 Å². The van der Waals surface area contributed by atoms with E-state index in [0.717, 1.165) is 6.42 Å². The summed E-state index contributed by atoms with van der Waals surface area (Å²) in [5, 5.41) is 20.9. The lowest BCUT2D eigenvalue weighted by Crippen LogP contribution is -2.31. The molecule has 0 amide bonds. The molecular weight excluding hydrogens is 154 g/mol. The van der Waals surface area contributed by atoms with Crippen molar-refractivity contribution in [1.29, 1.82) is 0 Å². The summed E-state index contributed by atoms with van der Waals surface area (Å²) < 4.78 is 0. The van der Waals surface area contributed by atoms with Crippen LogP contribution in [0.4, 0.5) is 0 Å². The van der Waals surface area contributed by atoms with Crippen molar-refractivity contribution in [2.45, 2.75) is 56.4 Å². The molecule has 1 saturated heterocycles. The van der Waals surface area contributed by atoms with E-state index in [1.165, 1.54) is 25.7 Å². The largest absolute Gasteiger partial charge is 0.368 e. The van der Waals surface area contributed by atoms with Gasteiger partial charge in [0.25, 0.3) is 0 Å². The molecule has 1 spiro atoms. The molecule has 1 atom stereocenters. The summed E-state index contributed by atoms with van der Waals surface area (Å²) in [5.74, 6) is 0. The molecular formula is C9H17NO2. The highest BCUT2D eigenvalue weighted by molar-refractivity contribution is 5.08. The Bertz CT molecular complexity index is 166. The molecule has 0 aromatic rings. The molecule has 12 heavy (non-hydrogen) atoms. The van der Waals surface area contributed by atoms with Gasteiger partial charge in [0, 0.05) is 11.6 Å². The maximum absolute atomic E-state index is 8.69. The number of nitrogens with one attached hydrogen (secondary N) is 1. The topological polar surface area (TPSA) is 52.5 Å². The SMILES string of the molecule is OC(O)CCC1CCC2(CC2)N1. The molecule has 70 valence electrons. The van der Waals surface area contributed by atoms with Gasteiger partial charge in [-0.15, -0.1) is 0 Å². The Hall–Kier alpha value is -0.120. The van der Waals surface area contributed by atoms with Crippen molar-refractivity contribution in [2.75, 3.05) is 0 Å². The second kappa shape index (κ2) is 2.98. The standard InChI is InChI=1S/C9H17NO2/c11-8(12)2-1-7-3-4-9(10-7)5-6-9/h7-8,10-12H,1-6H2. The van der Waals surface area contributed by atoms with Gasteiger partial charge in [0.15, 0.2) is 6.29 Å². The van der Waals surface area contributed by atoms with Crippen LogP contribution in [0.25, 0.3) is 0 Å². The fourth-order valence-corrected chi connectivity index (χ4v) is 2.14. The van der Waals surface area contributed by atoms with Gasteiger partial charge in [0.2, 0.25) is 0 Å². The Morgan fingerprint density at radius 3 is 2.58 bits per heavy atom. The summed E-state index contributed by atoms with van der Waals surface area (Å²) in [5.41, 5.74) is 0.491. The monoisotopic (exact) mass is 171 g/mol. The predicted molar refractivity (Wildman–Crippen MR) is 45.6 cm³/mol. The van der Waals surface area contributed by atoms with E-state index in [2.05, 4.69) is 5.32 Å². The number of hydrogen-bond acceptors (Lipinski definition) is 3. The zero-order valence-corrected chi connectivity index (χ0v) is 7.29. The highest BCUT2D eigenvalue weighted by atomic mass is 16.5. The normalized spacial score (nSPS) is 31.8. The van der Waals surface area contributed by atoms with Crippen molar-refractivity contribution in [1.82, 2.24) is 5.32 Å². The maximum atomic E-state index is 8.69. The molecule has 3 heteroatoms. The molecule has 1 aliphatic carbocycles. The fourth-order valence-electron chi connectivity index (χ4n) is 2.14. The molecule has 2 aliphatic rings. The molecule has 1 unspecified atom stereocenters. The van der Waals surface area contributed by atoms with E-state index < -0.39 is 6.29 Å². The van der Waals surface area contributed by atoms with Gasteiger partial charge in [-0.25, -0.2) is 0 Å². The summed E-state index contributed by atoms with van der Waals surface area (Å²) in [6.07, 6.45) is 5.44. The number of aliphatic hydroxyl groups is 2. The van der Waals surface area contributed by atoms with Gasteiger partial charge in [-0.1, -0.05) is 0 Å². The molecule has 2 fully saturated rings. The van der Waals surface area contributed by atoms with E-state index in [4.69, 9.17) is 10.2 Å². The van der Waals surface area contributed by atoms with Crippen molar-refractivity contribution >= 4 is 0 Å². The van der Waals surface area contributed by atoms with Gasteiger partial charge in [0.1, 0.15) is 0 Å². The van der Waals surface area contributed by atoms with Crippen LogP contribution in [-0.2, 0) is 0 Å². The minimum atomic E-state index is -1.12. The van der Waals surface area contributed by atoms with Crippen LogP contribution >= 0.6 is 0 Å². The highest BCUT2D eigenvalue weighted by Crippen LogP contribution is 2.45. The summed E-state index contributed by atoms with van der Waals surface area (Å²) in [6.45, 7) is 0. The van der Waals surface area contributed by atoms with Crippen LogP contribution in [0.5, 0.6) is 0 Å². The van der Waals surface area contributed by atoms with Crippen LogP contribution in [0.3, 0.4) is 0 Å². The first-order valence-electron chi connectivity index (χ1n) is 4.84. The lowest BCUT2D eigenvalue weighted by atomic mass is 10.1. The van der Waals surface area contributed by atoms with Crippen molar-refractivity contribution in [3.63, 3.8) is 0 Å². The quantitative estimate of drug-likeness (QED) is 0.537. The first kappa shape index (κ1) is 8.48. The Balaban J connectivity index is 1.70. The molecule has 0 radical (unpaired) electrons. The summed E-state index contributed by atoms with van der Waals surface area (Å²) in [7, 11) is 0. The average molecular weight is 171 g/mol. The van der Waals surface area contributed by atoms with Gasteiger partial charge in [-0.3, -0.25) is 0 Å². The van der Waals surface area contributed by atoms with Crippen molar-refractivity contribution in [2.24, 2.45) is 0 Å². The van der Waals surface area contributed by atoms with Crippen LogP contribution in [0.15, 0.2) is 0 Å². The lowest BCUT2D eigenvalue weighted by Gasteiger charge is -2.13. The first-order valence-corrected chi connectivity index (χ1v) is 4.84. The molecule has 3 N–H and O–H groups in total. The Kier molecular flexibility index (Phi) is 2.10. The van der Waals surface area contributed by atoms with Crippen LogP contribution < -0.4 is 5.32 Å². The Labute approximate surface area is 72.8 Å². The van der Waals surface area contributed by atoms with Crippen molar-refractivity contribution in [3.05, 3.63) is 0 Å². The molecule has 3 nitrogen and oxygen atoms in total. The number of hydrogen-bond donors (Lipinski definition) is 3. The lowest BCUT2D eigenvalue weighted by molar-refractivity contribution is -0.0476. The van der Waals surface area contributed by atoms with Crippen LogP contribution in [0.1, 0.15) is 38.5 Å². The predicted octanol–water partition coefficient (Wildman–Crippen LogP) is 0.362. The zero-order valence-electron chi connectivity index (χ0n) is 7.29.